The number of hydrogen-bond donors (Lipinski definition) is 1. The van der Waals surface area contributed by atoms with Crippen LogP contribution in [0.5, 0.6) is 11.5 Å². The molecule has 8 nitrogen and oxygen atoms in total. The lowest BCUT2D eigenvalue weighted by atomic mass is 10.1. The summed E-state index contributed by atoms with van der Waals surface area (Å²) in [6.45, 7) is 0.0509. The highest BCUT2D eigenvalue weighted by Crippen LogP contribution is 2.38. The molecule has 0 heterocycles. The zero-order valence-corrected chi connectivity index (χ0v) is 19.3. The summed E-state index contributed by atoms with van der Waals surface area (Å²) >= 11 is 3.40. The Labute approximate surface area is 202 Å². The van der Waals surface area contributed by atoms with Crippen LogP contribution in [0.1, 0.15) is 11.1 Å². The van der Waals surface area contributed by atoms with Crippen LogP contribution in [0.15, 0.2) is 70.7 Å². The fourth-order valence-corrected chi connectivity index (χ4v) is 3.50. The van der Waals surface area contributed by atoms with E-state index in [1.54, 1.807) is 24.3 Å². The highest BCUT2D eigenvalue weighted by atomic mass is 79.9. The van der Waals surface area contributed by atoms with Gasteiger partial charge in [0.25, 0.3) is 11.6 Å². The van der Waals surface area contributed by atoms with Crippen molar-refractivity contribution in [1.82, 2.24) is 0 Å². The second kappa shape index (κ2) is 11.1. The van der Waals surface area contributed by atoms with Gasteiger partial charge >= 0.3 is 0 Å². The van der Waals surface area contributed by atoms with Gasteiger partial charge in [-0.05, 0) is 69.5 Å². The van der Waals surface area contributed by atoms with Crippen LogP contribution in [0.2, 0.25) is 0 Å². The minimum absolute atomic E-state index is 0.0458. The van der Waals surface area contributed by atoms with Crippen molar-refractivity contribution in [3.05, 3.63) is 97.8 Å². The van der Waals surface area contributed by atoms with Gasteiger partial charge in [-0.3, -0.25) is 14.9 Å². The predicted octanol–water partition coefficient (Wildman–Crippen LogP) is 5.63. The number of nitro groups is 1. The first kappa shape index (κ1) is 24.4. The molecule has 0 fully saturated rings. The monoisotopic (exact) mass is 525 g/mol. The van der Waals surface area contributed by atoms with Crippen LogP contribution in [-0.4, -0.2) is 17.9 Å². The Kier molecular flexibility index (Phi) is 7.95. The van der Waals surface area contributed by atoms with Gasteiger partial charge in [-0.2, -0.15) is 5.26 Å². The number of rotatable bonds is 8. The number of methoxy groups -OCH3 is 1. The number of anilines is 1. The van der Waals surface area contributed by atoms with Gasteiger partial charge in [-0.25, -0.2) is 4.39 Å². The molecule has 172 valence electrons. The third kappa shape index (κ3) is 6.17. The van der Waals surface area contributed by atoms with Crippen LogP contribution in [0.4, 0.5) is 15.8 Å². The van der Waals surface area contributed by atoms with Crippen molar-refractivity contribution < 1.29 is 23.6 Å². The highest BCUT2D eigenvalue weighted by Gasteiger charge is 2.15. The largest absolute Gasteiger partial charge is 0.493 e. The van der Waals surface area contributed by atoms with E-state index < -0.39 is 16.6 Å². The molecule has 34 heavy (non-hydrogen) atoms. The average molecular weight is 526 g/mol. The van der Waals surface area contributed by atoms with Crippen LogP contribution >= 0.6 is 15.9 Å². The van der Waals surface area contributed by atoms with Gasteiger partial charge in [-0.15, -0.1) is 0 Å². The highest BCUT2D eigenvalue weighted by molar-refractivity contribution is 9.10. The van der Waals surface area contributed by atoms with Gasteiger partial charge < -0.3 is 14.8 Å². The van der Waals surface area contributed by atoms with E-state index in [-0.39, 0.29) is 17.9 Å². The van der Waals surface area contributed by atoms with E-state index in [1.807, 2.05) is 6.07 Å². The van der Waals surface area contributed by atoms with E-state index in [0.717, 1.165) is 0 Å². The maximum Gasteiger partial charge on any atom is 0.269 e. The summed E-state index contributed by atoms with van der Waals surface area (Å²) in [6, 6.07) is 16.3. The average Bonchev–Trinajstić information content (AvgIpc) is 2.83. The SMILES string of the molecule is COc1cc(/C=C(\C#N)C(=O)Nc2ccc(F)cc2)cc(Br)c1OCc1cccc([N+](=O)[O-])c1. The van der Waals surface area contributed by atoms with Gasteiger partial charge in [0.1, 0.15) is 24.1 Å². The Balaban J connectivity index is 1.81. The normalized spacial score (nSPS) is 10.8. The lowest BCUT2D eigenvalue weighted by Gasteiger charge is -2.14. The second-order valence-corrected chi connectivity index (χ2v) is 7.73. The zero-order chi connectivity index (χ0) is 24.7. The number of ether oxygens (including phenoxy) is 2. The summed E-state index contributed by atoms with van der Waals surface area (Å²) < 4.78 is 24.7. The third-order valence-electron chi connectivity index (χ3n) is 4.53. The number of amides is 1. The molecule has 0 saturated carbocycles. The lowest BCUT2D eigenvalue weighted by molar-refractivity contribution is -0.384. The maximum absolute atomic E-state index is 13.0. The van der Waals surface area contributed by atoms with Gasteiger partial charge in [0.2, 0.25) is 0 Å². The Hall–Kier alpha value is -4.23. The van der Waals surface area contributed by atoms with E-state index in [0.29, 0.717) is 32.8 Å². The summed E-state index contributed by atoms with van der Waals surface area (Å²) in [6.07, 6.45) is 1.37. The number of nitrogens with zero attached hydrogens (tertiary/aromatic N) is 2. The van der Waals surface area contributed by atoms with Crippen LogP contribution in [0, 0.1) is 27.3 Å². The first-order valence-electron chi connectivity index (χ1n) is 9.73. The van der Waals surface area contributed by atoms with Crippen molar-refractivity contribution in [2.75, 3.05) is 12.4 Å². The van der Waals surface area contributed by atoms with E-state index in [9.17, 15) is 24.6 Å². The molecule has 0 unspecified atom stereocenters. The Morgan fingerprint density at radius 3 is 2.62 bits per heavy atom. The number of carbonyl (C=O) groups excluding carboxylic acids is 1. The Morgan fingerprint density at radius 2 is 1.97 bits per heavy atom. The number of benzene rings is 3. The summed E-state index contributed by atoms with van der Waals surface area (Å²) in [4.78, 5) is 22.9. The molecule has 3 aromatic carbocycles. The van der Waals surface area contributed by atoms with E-state index in [2.05, 4.69) is 21.2 Å². The van der Waals surface area contributed by atoms with Gasteiger partial charge in [0, 0.05) is 17.8 Å². The minimum atomic E-state index is -0.657. The lowest BCUT2D eigenvalue weighted by Crippen LogP contribution is -2.13. The van der Waals surface area contributed by atoms with Crippen molar-refractivity contribution in [3.63, 3.8) is 0 Å². The molecule has 1 amide bonds. The van der Waals surface area contributed by atoms with Crippen molar-refractivity contribution in [2.24, 2.45) is 0 Å². The van der Waals surface area contributed by atoms with Crippen LogP contribution in [0.25, 0.3) is 6.08 Å². The number of nitrogens with one attached hydrogen (secondary N) is 1. The van der Waals surface area contributed by atoms with Gasteiger partial charge in [0.15, 0.2) is 11.5 Å². The molecular formula is C24H17BrFN3O5. The predicted molar refractivity (Wildman–Crippen MR) is 127 cm³/mol. The summed E-state index contributed by atoms with van der Waals surface area (Å²) in [5.41, 5.74) is 1.20. The van der Waals surface area contributed by atoms with Gasteiger partial charge in [0.05, 0.1) is 16.5 Å². The van der Waals surface area contributed by atoms with Crippen molar-refractivity contribution in [3.8, 4) is 17.6 Å². The van der Waals surface area contributed by atoms with E-state index in [1.165, 1.54) is 49.6 Å². The molecule has 0 aromatic heterocycles. The number of halogens is 2. The summed E-state index contributed by atoms with van der Waals surface area (Å²) in [5, 5.41) is 22.9. The van der Waals surface area contributed by atoms with Crippen LogP contribution in [-0.2, 0) is 11.4 Å². The number of hydrogen-bond acceptors (Lipinski definition) is 6. The first-order valence-corrected chi connectivity index (χ1v) is 10.5. The fraction of sp³-hybridized carbons (Fsp3) is 0.0833. The molecule has 1 N–H and O–H groups in total. The van der Waals surface area contributed by atoms with Gasteiger partial charge in [-0.1, -0.05) is 12.1 Å². The number of non-ortho nitro benzene ring substituents is 1. The molecule has 0 saturated heterocycles. The number of nitriles is 1. The van der Waals surface area contributed by atoms with E-state index in [4.69, 9.17) is 9.47 Å². The molecule has 0 atom stereocenters. The number of carbonyl (C=O) groups is 1. The molecule has 0 aliphatic heterocycles. The van der Waals surface area contributed by atoms with Crippen LogP contribution in [0.3, 0.4) is 0 Å². The minimum Gasteiger partial charge on any atom is -0.493 e. The Bertz CT molecular complexity index is 1300. The summed E-state index contributed by atoms with van der Waals surface area (Å²) in [7, 11) is 1.43. The molecule has 0 spiro atoms. The van der Waals surface area contributed by atoms with Crippen LogP contribution < -0.4 is 14.8 Å². The molecule has 10 heteroatoms. The molecule has 3 aromatic rings. The fourth-order valence-electron chi connectivity index (χ4n) is 2.93. The maximum atomic E-state index is 13.0. The Morgan fingerprint density at radius 1 is 1.24 bits per heavy atom. The first-order chi connectivity index (χ1) is 16.3. The molecular weight excluding hydrogens is 509 g/mol. The van der Waals surface area contributed by atoms with Crippen molar-refractivity contribution in [1.29, 1.82) is 5.26 Å². The molecule has 0 radical (unpaired) electrons. The quantitative estimate of drug-likeness (QED) is 0.176. The third-order valence-corrected chi connectivity index (χ3v) is 5.12. The molecule has 0 bridgehead atoms. The van der Waals surface area contributed by atoms with E-state index >= 15 is 0 Å². The topological polar surface area (TPSA) is 114 Å². The van der Waals surface area contributed by atoms with Crippen molar-refractivity contribution in [2.45, 2.75) is 6.61 Å². The smallest absolute Gasteiger partial charge is 0.269 e. The zero-order valence-electron chi connectivity index (χ0n) is 17.7. The number of nitro benzene ring substituents is 1. The summed E-state index contributed by atoms with van der Waals surface area (Å²) in [5.74, 6) is -0.434. The van der Waals surface area contributed by atoms with Crippen molar-refractivity contribution >= 4 is 39.3 Å². The molecule has 0 aliphatic rings. The molecule has 3 rings (SSSR count). The second-order valence-electron chi connectivity index (χ2n) is 6.88. The molecule has 0 aliphatic carbocycles. The standard InChI is InChI=1S/C24H17BrFN3O5/c1-33-22-12-16(9-17(13-27)24(30)28-19-7-5-18(26)6-8-19)11-21(25)23(22)34-14-15-3-2-4-20(10-15)29(31)32/h2-12H,14H2,1H3,(H,28,30)/b17-9+.